The van der Waals surface area contributed by atoms with Gasteiger partial charge in [0.2, 0.25) is 5.82 Å². The Morgan fingerprint density at radius 1 is 1.00 bits per heavy atom. The molecule has 1 atom stereocenters. The van der Waals surface area contributed by atoms with Crippen LogP contribution >= 0.6 is 0 Å². The summed E-state index contributed by atoms with van der Waals surface area (Å²) in [5.74, 6) is -4.53. The van der Waals surface area contributed by atoms with E-state index >= 15 is 0 Å². The van der Waals surface area contributed by atoms with E-state index in [9.17, 15) is 55.5 Å². The van der Waals surface area contributed by atoms with Crippen molar-refractivity contribution in [3.63, 3.8) is 0 Å². The van der Waals surface area contributed by atoms with Gasteiger partial charge < -0.3 is 10.4 Å². The van der Waals surface area contributed by atoms with Gasteiger partial charge in [-0.05, 0) is 29.8 Å². The first kappa shape index (κ1) is 24.6. The van der Waals surface area contributed by atoms with Crippen LogP contribution in [0.5, 0.6) is 0 Å². The first-order valence-electron chi connectivity index (χ1n) is 8.35. The molecule has 0 aliphatic heterocycles. The van der Waals surface area contributed by atoms with Crippen molar-refractivity contribution in [3.8, 4) is 0 Å². The van der Waals surface area contributed by atoms with Crippen LogP contribution in [0.4, 0.5) is 36.4 Å². The highest BCUT2D eigenvalue weighted by molar-refractivity contribution is 5.97. The fourth-order valence-corrected chi connectivity index (χ4v) is 2.59. The van der Waals surface area contributed by atoms with E-state index in [-0.39, 0.29) is 23.8 Å². The first-order valence-corrected chi connectivity index (χ1v) is 8.35. The lowest BCUT2D eigenvalue weighted by atomic mass is 10.0. The van der Waals surface area contributed by atoms with E-state index in [0.717, 1.165) is 6.07 Å². The summed E-state index contributed by atoms with van der Waals surface area (Å²) in [7, 11) is 0. The zero-order valence-corrected chi connectivity index (χ0v) is 15.4. The summed E-state index contributed by atoms with van der Waals surface area (Å²) in [6.07, 6.45) is -11.1. The van der Waals surface area contributed by atoms with Gasteiger partial charge in [0, 0.05) is 18.1 Å². The maximum Gasteiger partial charge on any atom is 0.416 e. The molecule has 0 unspecified atom stereocenters. The SMILES string of the molecule is O=C(N[C@H](Cc1ccc(F)c([N+](=O)[O-])c1)C(=O)O)c1cc(C(F)(F)F)cc(C(F)(F)F)c1. The van der Waals surface area contributed by atoms with E-state index < -0.39 is 69.8 Å². The van der Waals surface area contributed by atoms with Crippen LogP contribution < -0.4 is 5.32 Å². The zero-order chi connectivity index (χ0) is 24.4. The average molecular weight is 468 g/mol. The molecule has 0 heterocycles. The Morgan fingerprint density at radius 2 is 1.53 bits per heavy atom. The normalized spacial score (nSPS) is 12.8. The van der Waals surface area contributed by atoms with E-state index in [4.69, 9.17) is 0 Å². The Bertz CT molecular complexity index is 1030. The summed E-state index contributed by atoms with van der Waals surface area (Å²) in [4.78, 5) is 33.4. The molecule has 172 valence electrons. The Balaban J connectivity index is 2.37. The third-order valence-corrected chi connectivity index (χ3v) is 4.10. The second kappa shape index (κ2) is 8.80. The number of halogens is 7. The van der Waals surface area contributed by atoms with Gasteiger partial charge >= 0.3 is 24.0 Å². The van der Waals surface area contributed by atoms with Gasteiger partial charge in [0.1, 0.15) is 6.04 Å². The van der Waals surface area contributed by atoms with Crippen molar-refractivity contribution in [3.05, 3.63) is 74.6 Å². The molecule has 2 N–H and O–H groups in total. The fourth-order valence-electron chi connectivity index (χ4n) is 2.59. The molecule has 2 aromatic carbocycles. The molecule has 0 aromatic heterocycles. The Labute approximate surface area is 173 Å². The number of nitrogens with zero attached hydrogens (tertiary/aromatic N) is 1. The molecule has 14 heteroatoms. The lowest BCUT2D eigenvalue weighted by molar-refractivity contribution is -0.387. The molecule has 0 saturated heterocycles. The van der Waals surface area contributed by atoms with Crippen molar-refractivity contribution in [2.45, 2.75) is 24.8 Å². The van der Waals surface area contributed by atoms with Crippen molar-refractivity contribution in [1.29, 1.82) is 0 Å². The monoisotopic (exact) mass is 468 g/mol. The molecular weight excluding hydrogens is 457 g/mol. The minimum Gasteiger partial charge on any atom is -0.480 e. The molecule has 0 spiro atoms. The first-order chi connectivity index (χ1) is 14.6. The highest BCUT2D eigenvalue weighted by Crippen LogP contribution is 2.36. The molecule has 0 aliphatic rings. The second-order valence-corrected chi connectivity index (χ2v) is 6.41. The molecule has 1 amide bonds. The van der Waals surface area contributed by atoms with Crippen LogP contribution in [-0.2, 0) is 23.6 Å². The van der Waals surface area contributed by atoms with Gasteiger partial charge in [0.05, 0.1) is 16.1 Å². The van der Waals surface area contributed by atoms with Gasteiger partial charge in [0.15, 0.2) is 0 Å². The number of hydrogen-bond acceptors (Lipinski definition) is 4. The summed E-state index contributed by atoms with van der Waals surface area (Å²) in [6.45, 7) is 0. The fraction of sp³-hybridized carbons (Fsp3) is 0.222. The number of carbonyl (C=O) groups is 2. The Kier molecular flexibility index (Phi) is 6.76. The highest BCUT2D eigenvalue weighted by atomic mass is 19.4. The number of rotatable bonds is 6. The minimum absolute atomic E-state index is 0.117. The number of carbonyl (C=O) groups excluding carboxylic acids is 1. The lowest BCUT2D eigenvalue weighted by Gasteiger charge is -2.17. The summed E-state index contributed by atoms with van der Waals surface area (Å²) < 4.78 is 91.0. The third-order valence-electron chi connectivity index (χ3n) is 4.10. The number of benzene rings is 2. The van der Waals surface area contributed by atoms with E-state index in [0.29, 0.717) is 12.1 Å². The maximum absolute atomic E-state index is 13.4. The van der Waals surface area contributed by atoms with E-state index in [1.165, 1.54) is 0 Å². The van der Waals surface area contributed by atoms with E-state index in [2.05, 4.69) is 0 Å². The predicted octanol–water partition coefficient (Wildman–Crippen LogP) is 4.20. The van der Waals surface area contributed by atoms with Crippen LogP contribution in [0.25, 0.3) is 0 Å². The smallest absolute Gasteiger partial charge is 0.416 e. The molecular formula is C18H11F7N2O5. The molecule has 32 heavy (non-hydrogen) atoms. The molecule has 0 saturated carbocycles. The van der Waals surface area contributed by atoms with E-state index in [1.807, 2.05) is 0 Å². The van der Waals surface area contributed by atoms with Gasteiger partial charge in [-0.1, -0.05) is 6.07 Å². The third kappa shape index (κ3) is 5.92. The molecule has 0 bridgehead atoms. The Hall–Kier alpha value is -3.71. The van der Waals surface area contributed by atoms with Crippen LogP contribution in [-0.4, -0.2) is 27.9 Å². The second-order valence-electron chi connectivity index (χ2n) is 6.41. The van der Waals surface area contributed by atoms with Crippen molar-refractivity contribution >= 4 is 17.6 Å². The van der Waals surface area contributed by atoms with Gasteiger partial charge in [-0.2, -0.15) is 30.7 Å². The topological polar surface area (TPSA) is 110 Å². The summed E-state index contributed by atoms with van der Waals surface area (Å²) >= 11 is 0. The van der Waals surface area contributed by atoms with Gasteiger partial charge in [0.25, 0.3) is 5.91 Å². The molecule has 0 aliphatic carbocycles. The lowest BCUT2D eigenvalue weighted by Crippen LogP contribution is -2.42. The molecule has 0 radical (unpaired) electrons. The minimum atomic E-state index is -5.23. The van der Waals surface area contributed by atoms with Gasteiger partial charge in [-0.3, -0.25) is 14.9 Å². The summed E-state index contributed by atoms with van der Waals surface area (Å²) in [5, 5.41) is 21.8. The number of amides is 1. The number of carboxylic acid groups (broad SMARTS) is 1. The van der Waals surface area contributed by atoms with Gasteiger partial charge in [-0.25, -0.2) is 4.79 Å². The van der Waals surface area contributed by atoms with Crippen molar-refractivity contribution in [2.24, 2.45) is 0 Å². The number of carboxylic acids is 1. The summed E-state index contributed by atoms with van der Waals surface area (Å²) in [5.41, 5.74) is -5.79. The largest absolute Gasteiger partial charge is 0.480 e. The Morgan fingerprint density at radius 3 is 1.97 bits per heavy atom. The molecule has 2 rings (SSSR count). The van der Waals surface area contributed by atoms with Crippen LogP contribution in [0.2, 0.25) is 0 Å². The number of alkyl halides is 6. The number of nitrogens with one attached hydrogen (secondary N) is 1. The molecule has 0 fully saturated rings. The van der Waals surface area contributed by atoms with Crippen LogP contribution in [0.15, 0.2) is 36.4 Å². The highest BCUT2D eigenvalue weighted by Gasteiger charge is 2.37. The maximum atomic E-state index is 13.4. The molecule has 2 aromatic rings. The van der Waals surface area contributed by atoms with Crippen LogP contribution in [0.3, 0.4) is 0 Å². The number of hydrogen-bond donors (Lipinski definition) is 2. The van der Waals surface area contributed by atoms with Gasteiger partial charge in [-0.15, -0.1) is 0 Å². The average Bonchev–Trinajstić information content (AvgIpc) is 2.66. The number of nitro benzene ring substituents is 1. The van der Waals surface area contributed by atoms with Crippen molar-refractivity contribution in [1.82, 2.24) is 5.32 Å². The number of nitro groups is 1. The molecule has 7 nitrogen and oxygen atoms in total. The van der Waals surface area contributed by atoms with Crippen molar-refractivity contribution < 1.29 is 50.4 Å². The standard InChI is InChI=1S/C18H11F7N2O5/c19-12-2-1-8(4-14(12)27(31)32)3-13(16(29)30)26-15(28)9-5-10(17(20,21)22)7-11(6-9)18(23,24)25/h1-2,4-7,13H,3H2,(H,26,28)(H,29,30)/t13-/m1/s1. The zero-order valence-electron chi connectivity index (χ0n) is 15.4. The van der Waals surface area contributed by atoms with Crippen LogP contribution in [0.1, 0.15) is 27.0 Å². The quantitative estimate of drug-likeness (QED) is 0.375. The number of aliphatic carboxylic acids is 1. The van der Waals surface area contributed by atoms with Crippen molar-refractivity contribution in [2.75, 3.05) is 0 Å². The summed E-state index contributed by atoms with van der Waals surface area (Å²) in [6, 6.07) is 0.439. The van der Waals surface area contributed by atoms with E-state index in [1.54, 1.807) is 5.32 Å². The van der Waals surface area contributed by atoms with Crippen LogP contribution in [0, 0.1) is 15.9 Å². The predicted molar refractivity (Wildman–Crippen MR) is 92.1 cm³/mol.